The molecule has 2 heterocycles. The number of amides is 2. The van der Waals surface area contributed by atoms with Gasteiger partial charge in [-0.15, -0.1) is 0 Å². The number of hydrogen-bond acceptors (Lipinski definition) is 6. The lowest BCUT2D eigenvalue weighted by molar-refractivity contribution is -0.121. The first-order valence-corrected chi connectivity index (χ1v) is 15.2. The maximum absolute atomic E-state index is 13.7. The molecule has 4 aliphatic rings. The van der Waals surface area contributed by atoms with Gasteiger partial charge < -0.3 is 19.9 Å². The average molecular weight is 549 g/mol. The fourth-order valence-electron chi connectivity index (χ4n) is 6.15. The van der Waals surface area contributed by atoms with Crippen molar-refractivity contribution in [3.8, 4) is 5.75 Å². The third-order valence-corrected chi connectivity index (χ3v) is 9.80. The van der Waals surface area contributed by atoms with Crippen molar-refractivity contribution in [2.75, 3.05) is 34.8 Å². The van der Waals surface area contributed by atoms with Crippen LogP contribution in [0.5, 0.6) is 5.75 Å². The second-order valence-corrected chi connectivity index (χ2v) is 13.6. The van der Waals surface area contributed by atoms with Crippen LogP contribution in [0.15, 0.2) is 41.3 Å². The minimum Gasteiger partial charge on any atom is -0.482 e. The molecule has 0 radical (unpaired) electrons. The smallest absolute Gasteiger partial charge is 0.265 e. The molecule has 2 amide bonds. The Hall–Kier alpha value is -2.71. The molecule has 0 unspecified atom stereocenters. The summed E-state index contributed by atoms with van der Waals surface area (Å²) in [6.07, 6.45) is 9.39. The first-order chi connectivity index (χ1) is 18.7. The molecule has 2 saturated carbocycles. The Kier molecular flexibility index (Phi) is 7.04. The number of carbonyl (C=O) groups excluding carboxylic acids is 2. The van der Waals surface area contributed by atoms with E-state index in [1.165, 1.54) is 25.7 Å². The summed E-state index contributed by atoms with van der Waals surface area (Å²) in [5, 5.41) is 3.14. The van der Waals surface area contributed by atoms with Crippen LogP contribution in [0.2, 0.25) is 0 Å². The molecule has 208 valence electrons. The summed E-state index contributed by atoms with van der Waals surface area (Å²) >= 11 is 1.61. The maximum atomic E-state index is 13.7. The third-order valence-electron chi connectivity index (χ3n) is 8.60. The molecule has 2 aliphatic carbocycles. The first-order valence-electron chi connectivity index (χ1n) is 14.4. The number of fused-ring (bicyclic) bond motifs is 1. The zero-order chi connectivity index (χ0) is 27.2. The van der Waals surface area contributed by atoms with E-state index < -0.39 is 0 Å². The van der Waals surface area contributed by atoms with E-state index in [0.29, 0.717) is 22.4 Å². The van der Waals surface area contributed by atoms with Crippen molar-refractivity contribution < 1.29 is 14.3 Å². The van der Waals surface area contributed by atoms with Crippen LogP contribution in [-0.2, 0) is 4.79 Å². The number of ether oxygens (including phenoxy) is 1. The van der Waals surface area contributed by atoms with E-state index in [9.17, 15) is 9.59 Å². The first kappa shape index (κ1) is 26.5. The van der Waals surface area contributed by atoms with Crippen molar-refractivity contribution in [1.82, 2.24) is 4.72 Å². The molecular weight excluding hydrogens is 508 g/mol. The zero-order valence-electron chi connectivity index (χ0n) is 23.3. The fraction of sp³-hybridized carbons (Fsp3) is 0.548. The van der Waals surface area contributed by atoms with Crippen LogP contribution in [0, 0.1) is 5.41 Å². The van der Waals surface area contributed by atoms with E-state index in [-0.39, 0.29) is 30.0 Å². The monoisotopic (exact) mass is 548 g/mol. The van der Waals surface area contributed by atoms with Gasteiger partial charge in [-0.2, -0.15) is 0 Å². The predicted molar refractivity (Wildman–Crippen MR) is 158 cm³/mol. The predicted octanol–water partition coefficient (Wildman–Crippen LogP) is 6.38. The van der Waals surface area contributed by atoms with Gasteiger partial charge in [0.15, 0.2) is 6.61 Å². The number of hydrogen-bond donors (Lipinski definition) is 2. The standard InChI is InChI=1S/C31H40N4O3S/c1-30(2,3)33-39-23-9-10-24(25(19-23)34-16-14-31(12-13-31)15-17-34)29(37)32-21-8-11-27-26(18-21)35(28(36)20-38-27)22-6-4-5-7-22/h8-11,18-19,22,33H,4-7,12-17,20H2,1-3H3,(H,32,37). The van der Waals surface area contributed by atoms with Crippen molar-refractivity contribution in [3.05, 3.63) is 42.0 Å². The van der Waals surface area contributed by atoms with E-state index in [2.05, 4.69) is 41.8 Å². The van der Waals surface area contributed by atoms with E-state index in [1.807, 2.05) is 35.2 Å². The molecule has 39 heavy (non-hydrogen) atoms. The van der Waals surface area contributed by atoms with Gasteiger partial charge in [-0.25, -0.2) is 0 Å². The van der Waals surface area contributed by atoms with E-state index >= 15 is 0 Å². The van der Waals surface area contributed by atoms with Crippen LogP contribution in [-0.4, -0.2) is 43.1 Å². The van der Waals surface area contributed by atoms with Crippen molar-refractivity contribution in [3.63, 3.8) is 0 Å². The van der Waals surface area contributed by atoms with Crippen LogP contribution in [0.1, 0.15) is 82.5 Å². The van der Waals surface area contributed by atoms with Gasteiger partial charge in [-0.05, 0) is 113 Å². The minimum atomic E-state index is -0.132. The Morgan fingerprint density at radius 1 is 1.00 bits per heavy atom. The normalized spacial score (nSPS) is 20.6. The molecular formula is C31H40N4O3S. The van der Waals surface area contributed by atoms with E-state index in [1.54, 1.807) is 11.9 Å². The highest BCUT2D eigenvalue weighted by molar-refractivity contribution is 7.97. The van der Waals surface area contributed by atoms with Gasteiger partial charge in [0.2, 0.25) is 0 Å². The van der Waals surface area contributed by atoms with Gasteiger partial charge in [-0.1, -0.05) is 12.8 Å². The summed E-state index contributed by atoms with van der Waals surface area (Å²) in [6, 6.07) is 12.0. The number of nitrogens with zero attached hydrogens (tertiary/aromatic N) is 2. The van der Waals surface area contributed by atoms with Gasteiger partial charge in [0.25, 0.3) is 11.8 Å². The summed E-state index contributed by atoms with van der Waals surface area (Å²) in [4.78, 5) is 32.0. The van der Waals surface area contributed by atoms with Crippen molar-refractivity contribution in [2.24, 2.45) is 5.41 Å². The topological polar surface area (TPSA) is 73.9 Å². The van der Waals surface area contributed by atoms with Crippen LogP contribution >= 0.6 is 11.9 Å². The highest BCUT2D eigenvalue weighted by Gasteiger charge is 2.44. The quantitative estimate of drug-likeness (QED) is 0.408. The average Bonchev–Trinajstić information content (AvgIpc) is 3.44. The molecule has 0 aromatic heterocycles. The molecule has 3 fully saturated rings. The maximum Gasteiger partial charge on any atom is 0.265 e. The second-order valence-electron chi connectivity index (χ2n) is 12.7. The summed E-state index contributed by atoms with van der Waals surface area (Å²) < 4.78 is 9.22. The lowest BCUT2D eigenvalue weighted by atomic mass is 9.93. The Morgan fingerprint density at radius 2 is 1.74 bits per heavy atom. The number of rotatable bonds is 6. The van der Waals surface area contributed by atoms with Crippen LogP contribution in [0.25, 0.3) is 0 Å². The third kappa shape index (κ3) is 5.78. The summed E-state index contributed by atoms with van der Waals surface area (Å²) in [6.45, 7) is 8.48. The molecule has 2 aromatic carbocycles. The highest BCUT2D eigenvalue weighted by atomic mass is 32.2. The van der Waals surface area contributed by atoms with Crippen molar-refractivity contribution in [1.29, 1.82) is 0 Å². The molecule has 0 atom stereocenters. The van der Waals surface area contributed by atoms with Gasteiger partial charge >= 0.3 is 0 Å². The largest absolute Gasteiger partial charge is 0.482 e. The summed E-state index contributed by atoms with van der Waals surface area (Å²) in [7, 11) is 0. The molecule has 6 rings (SSSR count). The number of benzene rings is 2. The molecule has 0 bridgehead atoms. The molecule has 7 nitrogen and oxygen atoms in total. The van der Waals surface area contributed by atoms with Gasteiger partial charge in [0.05, 0.1) is 16.9 Å². The molecule has 2 aromatic rings. The summed E-state index contributed by atoms with van der Waals surface area (Å²) in [5.41, 5.74) is 3.66. The minimum absolute atomic E-state index is 0.00403. The molecule has 1 saturated heterocycles. The Morgan fingerprint density at radius 3 is 2.44 bits per heavy atom. The second kappa shape index (κ2) is 10.4. The molecule has 2 N–H and O–H groups in total. The van der Waals surface area contributed by atoms with Crippen LogP contribution < -0.4 is 24.6 Å². The van der Waals surface area contributed by atoms with Gasteiger partial charge in [0.1, 0.15) is 5.75 Å². The number of piperidine rings is 1. The molecule has 2 aliphatic heterocycles. The number of nitrogens with one attached hydrogen (secondary N) is 2. The number of anilines is 3. The summed E-state index contributed by atoms with van der Waals surface area (Å²) in [5.74, 6) is 0.568. The van der Waals surface area contributed by atoms with Crippen LogP contribution in [0.3, 0.4) is 0 Å². The zero-order valence-corrected chi connectivity index (χ0v) is 24.2. The molecule has 8 heteroatoms. The lowest BCUT2D eigenvalue weighted by Gasteiger charge is -2.35. The van der Waals surface area contributed by atoms with Crippen molar-refractivity contribution >= 4 is 40.8 Å². The number of carbonyl (C=O) groups is 2. The van der Waals surface area contributed by atoms with Crippen LogP contribution in [0.4, 0.5) is 17.1 Å². The van der Waals surface area contributed by atoms with Gasteiger partial charge in [0, 0.05) is 35.3 Å². The highest BCUT2D eigenvalue weighted by Crippen LogP contribution is 2.54. The Balaban J connectivity index is 1.25. The van der Waals surface area contributed by atoms with E-state index in [4.69, 9.17) is 4.74 Å². The van der Waals surface area contributed by atoms with Crippen molar-refractivity contribution in [2.45, 2.75) is 88.6 Å². The Labute approximate surface area is 236 Å². The molecule has 1 spiro atoms. The van der Waals surface area contributed by atoms with E-state index in [0.717, 1.165) is 55.0 Å². The Bertz CT molecular complexity index is 1250. The fourth-order valence-corrected chi connectivity index (χ4v) is 6.88. The van der Waals surface area contributed by atoms with Gasteiger partial charge in [-0.3, -0.25) is 14.3 Å². The lowest BCUT2D eigenvalue weighted by Crippen LogP contribution is -2.44. The SMILES string of the molecule is CC(C)(C)NSc1ccc(C(=O)Nc2ccc3c(c2)N(C2CCCC2)C(=O)CO3)c(N2CCC3(CC2)CC3)c1.